The van der Waals surface area contributed by atoms with E-state index in [4.69, 9.17) is 23.2 Å². The summed E-state index contributed by atoms with van der Waals surface area (Å²) in [6.07, 6.45) is 7.30. The van der Waals surface area contributed by atoms with Gasteiger partial charge in [0.05, 0.1) is 0 Å². The molecule has 6 heteroatoms. The van der Waals surface area contributed by atoms with Crippen molar-refractivity contribution in [3.8, 4) is 0 Å². The van der Waals surface area contributed by atoms with Gasteiger partial charge in [-0.05, 0) is 62.1 Å². The van der Waals surface area contributed by atoms with Crippen molar-refractivity contribution in [3.05, 3.63) is 33.8 Å². The number of hydrogen-bond donors (Lipinski definition) is 2. The second-order valence-corrected chi connectivity index (χ2v) is 7.71. The lowest BCUT2D eigenvalue weighted by molar-refractivity contribution is -0.122. The van der Waals surface area contributed by atoms with E-state index < -0.39 is 0 Å². The molecule has 2 aliphatic heterocycles. The number of halogens is 3. The van der Waals surface area contributed by atoms with Gasteiger partial charge >= 0.3 is 0 Å². The zero-order chi connectivity index (χ0) is 16.2. The lowest BCUT2D eigenvalue weighted by Crippen LogP contribution is -2.39. The molecule has 0 aromatic heterocycles. The molecule has 3 rings (SSSR count). The summed E-state index contributed by atoms with van der Waals surface area (Å²) in [6.45, 7) is 0.704. The summed E-state index contributed by atoms with van der Waals surface area (Å²) in [5.41, 5.74) is 1.08. The molecule has 2 saturated heterocycles. The van der Waals surface area contributed by atoms with Crippen molar-refractivity contribution < 1.29 is 4.79 Å². The van der Waals surface area contributed by atoms with Crippen molar-refractivity contribution >= 4 is 41.5 Å². The maximum Gasteiger partial charge on any atom is 0.220 e. The number of benzene rings is 1. The fourth-order valence-corrected chi connectivity index (χ4v) is 4.41. The summed E-state index contributed by atoms with van der Waals surface area (Å²) in [5.74, 6) is 0.748. The van der Waals surface area contributed by atoms with Crippen LogP contribution in [0.5, 0.6) is 0 Å². The molecule has 2 unspecified atom stereocenters. The minimum absolute atomic E-state index is 0. The van der Waals surface area contributed by atoms with Gasteiger partial charge in [0.1, 0.15) is 0 Å². The minimum Gasteiger partial charge on any atom is -0.356 e. The topological polar surface area (TPSA) is 41.1 Å². The second-order valence-electron chi connectivity index (χ2n) is 6.87. The van der Waals surface area contributed by atoms with Crippen LogP contribution in [0.3, 0.4) is 0 Å². The minimum atomic E-state index is 0. The number of carbonyl (C=O) groups excluding carboxylic acids is 1. The van der Waals surface area contributed by atoms with Gasteiger partial charge in [-0.3, -0.25) is 4.79 Å². The lowest BCUT2D eigenvalue weighted by atomic mass is 9.89. The number of amides is 1. The van der Waals surface area contributed by atoms with Crippen LogP contribution in [-0.2, 0) is 11.2 Å². The molecule has 1 aromatic carbocycles. The van der Waals surface area contributed by atoms with Crippen LogP contribution in [0.1, 0.15) is 44.1 Å². The van der Waals surface area contributed by atoms with Crippen molar-refractivity contribution in [1.82, 2.24) is 10.6 Å². The number of rotatable bonds is 6. The number of hydrogen-bond acceptors (Lipinski definition) is 2. The van der Waals surface area contributed by atoms with Gasteiger partial charge in [-0.1, -0.05) is 29.3 Å². The Kier molecular flexibility index (Phi) is 7.67. The van der Waals surface area contributed by atoms with Crippen LogP contribution in [0.4, 0.5) is 0 Å². The first-order valence-electron chi connectivity index (χ1n) is 8.57. The second kappa shape index (κ2) is 9.28. The highest BCUT2D eigenvalue weighted by atomic mass is 35.5. The molecule has 1 aromatic rings. The van der Waals surface area contributed by atoms with Gasteiger partial charge in [0, 0.05) is 35.1 Å². The van der Waals surface area contributed by atoms with Crippen LogP contribution >= 0.6 is 35.6 Å². The first-order chi connectivity index (χ1) is 11.1. The zero-order valence-electron chi connectivity index (χ0n) is 13.7. The predicted octanol–water partition coefficient (Wildman–Crippen LogP) is 4.38. The van der Waals surface area contributed by atoms with Crippen LogP contribution in [0, 0.1) is 5.92 Å². The number of aryl methyl sites for hydroxylation is 1. The fourth-order valence-electron chi connectivity index (χ4n) is 3.91. The molecule has 24 heavy (non-hydrogen) atoms. The first kappa shape index (κ1) is 19.8. The maximum atomic E-state index is 12.1. The summed E-state index contributed by atoms with van der Waals surface area (Å²) < 4.78 is 0. The van der Waals surface area contributed by atoms with Crippen molar-refractivity contribution in [2.24, 2.45) is 5.92 Å². The van der Waals surface area contributed by atoms with Gasteiger partial charge in [0.15, 0.2) is 0 Å². The molecular weight excluding hydrogens is 367 g/mol. The van der Waals surface area contributed by atoms with Crippen LogP contribution in [-0.4, -0.2) is 24.5 Å². The van der Waals surface area contributed by atoms with Gasteiger partial charge in [-0.2, -0.15) is 0 Å². The molecule has 2 bridgehead atoms. The van der Waals surface area contributed by atoms with E-state index in [2.05, 4.69) is 10.6 Å². The Balaban J connectivity index is 0.00000208. The molecular formula is C18H25Cl3N2O. The Morgan fingerprint density at radius 1 is 1.21 bits per heavy atom. The first-order valence-corrected chi connectivity index (χ1v) is 9.32. The molecule has 134 valence electrons. The van der Waals surface area contributed by atoms with Gasteiger partial charge in [-0.25, -0.2) is 0 Å². The highest BCUT2D eigenvalue weighted by molar-refractivity contribution is 6.35. The molecule has 2 atom stereocenters. The summed E-state index contributed by atoms with van der Waals surface area (Å²) in [4.78, 5) is 12.1. The third-order valence-corrected chi connectivity index (χ3v) is 5.59. The van der Waals surface area contributed by atoms with Crippen LogP contribution in [0.15, 0.2) is 18.2 Å². The average Bonchev–Trinajstić information content (AvgIpc) is 2.84. The van der Waals surface area contributed by atoms with E-state index >= 15 is 0 Å². The highest BCUT2D eigenvalue weighted by Crippen LogP contribution is 2.32. The van der Waals surface area contributed by atoms with Crippen LogP contribution < -0.4 is 10.6 Å². The van der Waals surface area contributed by atoms with Crippen LogP contribution in [0.2, 0.25) is 10.0 Å². The van der Waals surface area contributed by atoms with Crippen molar-refractivity contribution in [3.63, 3.8) is 0 Å². The molecule has 2 heterocycles. The molecule has 3 nitrogen and oxygen atoms in total. The average molecular weight is 392 g/mol. The summed E-state index contributed by atoms with van der Waals surface area (Å²) >= 11 is 12.0. The molecule has 0 radical (unpaired) electrons. The third-order valence-electron chi connectivity index (χ3n) is 5.00. The van der Waals surface area contributed by atoms with E-state index in [-0.39, 0.29) is 18.3 Å². The standard InChI is InChI=1S/C18H24Cl2N2O.ClH/c19-14-4-3-13(17(20)11-14)2-1-7-21-18(23)10-12-8-15-5-6-16(9-12)22-15;/h3-4,11-12,15-16,22H,1-2,5-10H2,(H,21,23);1H. The maximum absolute atomic E-state index is 12.1. The van der Waals surface area contributed by atoms with Crippen LogP contribution in [0.25, 0.3) is 0 Å². The van der Waals surface area contributed by atoms with Crippen molar-refractivity contribution in [2.45, 2.75) is 57.0 Å². The summed E-state index contributed by atoms with van der Waals surface area (Å²) in [5, 5.41) is 8.03. The normalized spacial score (nSPS) is 25.2. The highest BCUT2D eigenvalue weighted by Gasteiger charge is 2.33. The molecule has 0 saturated carbocycles. The van der Waals surface area contributed by atoms with Gasteiger partial charge in [0.25, 0.3) is 0 Å². The van der Waals surface area contributed by atoms with Gasteiger partial charge in [-0.15, -0.1) is 12.4 Å². The molecule has 0 aliphatic carbocycles. The number of carbonyl (C=O) groups is 1. The van der Waals surface area contributed by atoms with E-state index in [1.165, 1.54) is 12.8 Å². The lowest BCUT2D eigenvalue weighted by Gasteiger charge is -2.28. The molecule has 2 aliphatic rings. The van der Waals surface area contributed by atoms with E-state index in [1.807, 2.05) is 12.1 Å². The van der Waals surface area contributed by atoms with E-state index in [1.54, 1.807) is 6.07 Å². The molecule has 1 amide bonds. The Labute approximate surface area is 160 Å². The van der Waals surface area contributed by atoms with Crippen molar-refractivity contribution in [2.75, 3.05) is 6.54 Å². The Hall–Kier alpha value is -0.480. The third kappa shape index (κ3) is 5.52. The largest absolute Gasteiger partial charge is 0.356 e. The number of nitrogens with one attached hydrogen (secondary N) is 2. The van der Waals surface area contributed by atoms with E-state index in [9.17, 15) is 4.79 Å². The molecule has 2 N–H and O–H groups in total. The zero-order valence-corrected chi connectivity index (χ0v) is 16.0. The summed E-state index contributed by atoms with van der Waals surface area (Å²) in [6, 6.07) is 6.88. The van der Waals surface area contributed by atoms with E-state index in [0.29, 0.717) is 41.0 Å². The molecule has 0 spiro atoms. The fraction of sp³-hybridized carbons (Fsp3) is 0.611. The Bertz CT molecular complexity index is 555. The monoisotopic (exact) mass is 390 g/mol. The van der Waals surface area contributed by atoms with Crippen molar-refractivity contribution in [1.29, 1.82) is 0 Å². The smallest absolute Gasteiger partial charge is 0.220 e. The SMILES string of the molecule is Cl.O=C(CC1CC2CCC(C1)N2)NCCCc1ccc(Cl)cc1Cl. The quantitative estimate of drug-likeness (QED) is 0.706. The number of piperidine rings is 1. The molecule has 2 fully saturated rings. The Morgan fingerprint density at radius 2 is 1.92 bits per heavy atom. The van der Waals surface area contributed by atoms with Gasteiger partial charge in [0.2, 0.25) is 5.91 Å². The van der Waals surface area contributed by atoms with Gasteiger partial charge < -0.3 is 10.6 Å². The summed E-state index contributed by atoms with van der Waals surface area (Å²) in [7, 11) is 0. The Morgan fingerprint density at radius 3 is 2.58 bits per heavy atom. The predicted molar refractivity (Wildman–Crippen MR) is 102 cm³/mol. The number of fused-ring (bicyclic) bond motifs is 2. The van der Waals surface area contributed by atoms with E-state index in [0.717, 1.165) is 31.2 Å².